The number of alkyl halides is 3. The van der Waals surface area contributed by atoms with Crippen LogP contribution in [0.25, 0.3) is 0 Å². The Morgan fingerprint density at radius 3 is 2.40 bits per heavy atom. The Hall–Kier alpha value is -1.25. The van der Waals surface area contributed by atoms with Gasteiger partial charge in [-0.05, 0) is 25.2 Å². The Balaban J connectivity index is 0.000000621. The van der Waals surface area contributed by atoms with Crippen molar-refractivity contribution in [1.29, 1.82) is 0 Å². The maximum atomic E-state index is 13.0. The molecule has 0 aliphatic carbocycles. The van der Waals surface area contributed by atoms with Crippen molar-refractivity contribution in [3.8, 4) is 0 Å². The molecule has 0 amide bonds. The van der Waals surface area contributed by atoms with Crippen LogP contribution < -0.4 is 10.6 Å². The van der Waals surface area contributed by atoms with E-state index in [1.54, 1.807) is 7.05 Å². The van der Waals surface area contributed by atoms with E-state index in [0.717, 1.165) is 17.6 Å². The molecule has 1 aromatic rings. The Morgan fingerprint density at radius 2 is 2.00 bits per heavy atom. The molecule has 0 aliphatic rings. The number of hydrogen-bond donors (Lipinski definition) is 3. The quantitative estimate of drug-likeness (QED) is 0.575. The molecule has 0 unspecified atom stereocenters. The van der Waals surface area contributed by atoms with Gasteiger partial charge in [0.25, 0.3) is 0 Å². The number of hydrogen-bond acceptors (Lipinski definition) is 3. The van der Waals surface area contributed by atoms with Crippen LogP contribution in [0.15, 0.2) is 18.2 Å². The molecule has 0 saturated carbocycles. The maximum Gasteiger partial charge on any atom is 0.416 e. The van der Waals surface area contributed by atoms with Gasteiger partial charge in [-0.2, -0.15) is 13.2 Å². The van der Waals surface area contributed by atoms with E-state index in [1.165, 1.54) is 0 Å². The first-order valence-electron chi connectivity index (χ1n) is 5.65. The summed E-state index contributed by atoms with van der Waals surface area (Å²) in [6, 6.07) is 2.26. The van der Waals surface area contributed by atoms with Gasteiger partial charge in [0.2, 0.25) is 0 Å². The van der Waals surface area contributed by atoms with Crippen molar-refractivity contribution < 1.29 is 22.7 Å². The molecule has 0 bridgehead atoms. The van der Waals surface area contributed by atoms with Gasteiger partial charge in [0.15, 0.2) is 0 Å². The van der Waals surface area contributed by atoms with Crippen molar-refractivity contribution in [1.82, 2.24) is 10.6 Å². The first-order valence-corrected chi connectivity index (χ1v) is 6.12. The normalized spacial score (nSPS) is 10.5. The van der Waals surface area contributed by atoms with E-state index in [2.05, 4.69) is 22.9 Å². The molecule has 1 rings (SSSR count). The summed E-state index contributed by atoms with van der Waals surface area (Å²) in [6.45, 7) is 0.871. The Morgan fingerprint density at radius 1 is 1.35 bits per heavy atom. The third-order valence-electron chi connectivity index (χ3n) is 2.11. The molecule has 0 aliphatic heterocycles. The number of halogens is 4. The molecule has 0 heterocycles. The van der Waals surface area contributed by atoms with Crippen molar-refractivity contribution in [2.75, 3.05) is 20.2 Å². The van der Waals surface area contributed by atoms with Crippen LogP contribution in [0.3, 0.4) is 0 Å². The molecular weight excluding hydrogens is 296 g/mol. The highest BCUT2D eigenvalue weighted by molar-refractivity contribution is 7.78. The maximum absolute atomic E-state index is 13.0. The standard InChI is InChI=1S/C9H7F4NS.C3H9NO/c10-8-2-1-7(9(11,12)13)3-6(8)4-14-5-15;1-4-2-3-5/h1-3,5H,4H2,(H,14,15);4-5H,2-3H2,1H3. The van der Waals surface area contributed by atoms with Crippen molar-refractivity contribution in [3.63, 3.8) is 0 Å². The zero-order chi connectivity index (χ0) is 15.6. The van der Waals surface area contributed by atoms with Gasteiger partial charge in [-0.15, -0.1) is 0 Å². The van der Waals surface area contributed by atoms with Gasteiger partial charge in [0, 0.05) is 18.7 Å². The Kier molecular flexibility index (Phi) is 9.02. The zero-order valence-corrected chi connectivity index (χ0v) is 11.6. The summed E-state index contributed by atoms with van der Waals surface area (Å²) in [5, 5.41) is 13.2. The van der Waals surface area contributed by atoms with Crippen LogP contribution in [-0.2, 0) is 12.7 Å². The summed E-state index contributed by atoms with van der Waals surface area (Å²) in [6.07, 6.45) is -4.46. The topological polar surface area (TPSA) is 44.3 Å². The molecule has 20 heavy (non-hydrogen) atoms. The summed E-state index contributed by atoms with van der Waals surface area (Å²) < 4.78 is 49.8. The second-order valence-electron chi connectivity index (χ2n) is 3.63. The summed E-state index contributed by atoms with van der Waals surface area (Å²) in [4.78, 5) is 0. The number of thiocarbonyl (C=S) groups is 1. The van der Waals surface area contributed by atoms with Crippen molar-refractivity contribution in [3.05, 3.63) is 35.1 Å². The summed E-state index contributed by atoms with van der Waals surface area (Å²) >= 11 is 4.42. The fraction of sp³-hybridized carbons (Fsp3) is 0.417. The molecule has 0 aromatic heterocycles. The minimum absolute atomic E-state index is 0.0563. The average molecular weight is 312 g/mol. The van der Waals surface area contributed by atoms with Gasteiger partial charge in [0.1, 0.15) is 5.82 Å². The summed E-state index contributed by atoms with van der Waals surface area (Å²) in [5.74, 6) is -0.688. The van der Waals surface area contributed by atoms with Gasteiger partial charge >= 0.3 is 6.18 Å². The van der Waals surface area contributed by atoms with E-state index in [0.29, 0.717) is 12.6 Å². The lowest BCUT2D eigenvalue weighted by Gasteiger charge is -2.09. The predicted octanol–water partition coefficient (Wildman–Crippen LogP) is 2.09. The van der Waals surface area contributed by atoms with Crippen molar-refractivity contribution in [2.24, 2.45) is 0 Å². The molecule has 3 N–H and O–H groups in total. The molecule has 0 saturated heterocycles. The van der Waals surface area contributed by atoms with Crippen LogP contribution in [0.2, 0.25) is 0 Å². The minimum Gasteiger partial charge on any atom is -0.395 e. The average Bonchev–Trinajstić information content (AvgIpc) is 2.38. The molecule has 114 valence electrons. The van der Waals surface area contributed by atoms with Crippen molar-refractivity contribution in [2.45, 2.75) is 12.7 Å². The number of nitrogens with one attached hydrogen (secondary N) is 2. The zero-order valence-electron chi connectivity index (χ0n) is 10.8. The van der Waals surface area contributed by atoms with Gasteiger partial charge in [-0.1, -0.05) is 12.2 Å². The van der Waals surface area contributed by atoms with Gasteiger partial charge in [0.05, 0.1) is 17.7 Å². The number of aliphatic hydroxyl groups is 1. The first kappa shape index (κ1) is 18.8. The lowest BCUT2D eigenvalue weighted by molar-refractivity contribution is -0.137. The van der Waals surface area contributed by atoms with Crippen molar-refractivity contribution >= 4 is 17.7 Å². The van der Waals surface area contributed by atoms with E-state index < -0.39 is 17.6 Å². The molecule has 0 fully saturated rings. The summed E-state index contributed by atoms with van der Waals surface area (Å²) in [5.41, 5.74) is 0.190. The smallest absolute Gasteiger partial charge is 0.395 e. The number of aliphatic hydroxyl groups excluding tert-OH is 1. The SMILES string of the molecule is CNCCO.Fc1ccc(C(F)(F)F)cc1CNC=S. The van der Waals surface area contributed by atoms with E-state index in [9.17, 15) is 17.6 Å². The van der Waals surface area contributed by atoms with Crippen LogP contribution in [0, 0.1) is 5.82 Å². The predicted molar refractivity (Wildman–Crippen MR) is 72.9 cm³/mol. The fourth-order valence-corrected chi connectivity index (χ4v) is 1.23. The van der Waals surface area contributed by atoms with Crippen LogP contribution >= 0.6 is 12.2 Å². The number of benzene rings is 1. The molecule has 0 atom stereocenters. The van der Waals surface area contributed by atoms with Crippen LogP contribution in [0.1, 0.15) is 11.1 Å². The molecule has 8 heteroatoms. The van der Waals surface area contributed by atoms with Crippen LogP contribution in [-0.4, -0.2) is 30.8 Å². The largest absolute Gasteiger partial charge is 0.416 e. The highest BCUT2D eigenvalue weighted by Gasteiger charge is 2.30. The second-order valence-corrected chi connectivity index (χ2v) is 3.87. The molecule has 0 radical (unpaired) electrons. The Bertz CT molecular complexity index is 411. The highest BCUT2D eigenvalue weighted by atomic mass is 32.1. The van der Waals surface area contributed by atoms with Gasteiger partial charge in [-0.25, -0.2) is 4.39 Å². The van der Waals surface area contributed by atoms with E-state index >= 15 is 0 Å². The van der Waals surface area contributed by atoms with Gasteiger partial charge in [-0.3, -0.25) is 0 Å². The molecular formula is C12H16F4N2OS. The third-order valence-corrected chi connectivity index (χ3v) is 2.28. The van der Waals surface area contributed by atoms with E-state index in [4.69, 9.17) is 5.11 Å². The lowest BCUT2D eigenvalue weighted by atomic mass is 10.1. The molecule has 0 spiro atoms. The lowest BCUT2D eigenvalue weighted by Crippen LogP contribution is -2.12. The third kappa shape index (κ3) is 7.37. The molecule has 1 aromatic carbocycles. The molecule has 3 nitrogen and oxygen atoms in total. The minimum atomic E-state index is -4.46. The second kappa shape index (κ2) is 9.62. The fourth-order valence-electron chi connectivity index (χ4n) is 1.15. The van der Waals surface area contributed by atoms with E-state index in [1.807, 2.05) is 0 Å². The first-order chi connectivity index (χ1) is 9.36. The number of likely N-dealkylation sites (N-methyl/N-ethyl adjacent to an activating group) is 1. The van der Waals surface area contributed by atoms with Crippen LogP contribution in [0.5, 0.6) is 0 Å². The summed E-state index contributed by atoms with van der Waals surface area (Å²) in [7, 11) is 1.80. The van der Waals surface area contributed by atoms with Crippen LogP contribution in [0.4, 0.5) is 17.6 Å². The van der Waals surface area contributed by atoms with Gasteiger partial charge < -0.3 is 15.7 Å². The Labute approximate surface area is 120 Å². The number of rotatable bonds is 5. The highest BCUT2D eigenvalue weighted by Crippen LogP contribution is 2.30. The van der Waals surface area contributed by atoms with E-state index in [-0.39, 0.29) is 18.7 Å². The monoisotopic (exact) mass is 312 g/mol.